The maximum absolute atomic E-state index is 12.5. The molecule has 0 unspecified atom stereocenters. The van der Waals surface area contributed by atoms with Crippen LogP contribution in [0.5, 0.6) is 0 Å². The predicted octanol–water partition coefficient (Wildman–Crippen LogP) is 0.495. The molecule has 1 aliphatic carbocycles. The Bertz CT molecular complexity index is 596. The quantitative estimate of drug-likeness (QED) is 0.787. The third-order valence-electron chi connectivity index (χ3n) is 4.74. The SMILES string of the molecule is CC(=O)NCC(=O)N1CC[C@@H](OCC2CC2)[C@H]1Cc1cnn(C)c1. The van der Waals surface area contributed by atoms with Gasteiger partial charge in [0.2, 0.25) is 11.8 Å². The van der Waals surface area contributed by atoms with Crippen molar-refractivity contribution < 1.29 is 14.3 Å². The van der Waals surface area contributed by atoms with E-state index in [1.807, 2.05) is 24.3 Å². The maximum Gasteiger partial charge on any atom is 0.242 e. The monoisotopic (exact) mass is 334 g/mol. The fourth-order valence-corrected chi connectivity index (χ4v) is 3.24. The Hall–Kier alpha value is -1.89. The summed E-state index contributed by atoms with van der Waals surface area (Å²) in [5.41, 5.74) is 1.10. The Kier molecular flexibility index (Phi) is 5.18. The highest BCUT2D eigenvalue weighted by Crippen LogP contribution is 2.31. The molecule has 1 aliphatic heterocycles. The molecule has 0 spiro atoms. The van der Waals surface area contributed by atoms with Crippen LogP contribution >= 0.6 is 0 Å². The van der Waals surface area contributed by atoms with Gasteiger partial charge in [0.15, 0.2) is 0 Å². The largest absolute Gasteiger partial charge is 0.376 e. The zero-order chi connectivity index (χ0) is 17.1. The van der Waals surface area contributed by atoms with Crippen LogP contribution < -0.4 is 5.32 Å². The van der Waals surface area contributed by atoms with Crippen LogP contribution in [-0.2, 0) is 27.8 Å². The van der Waals surface area contributed by atoms with E-state index in [0.717, 1.165) is 25.0 Å². The number of likely N-dealkylation sites (tertiary alicyclic amines) is 1. The summed E-state index contributed by atoms with van der Waals surface area (Å²) in [6.07, 6.45) is 7.97. The van der Waals surface area contributed by atoms with Gasteiger partial charge in [0.05, 0.1) is 24.9 Å². The summed E-state index contributed by atoms with van der Waals surface area (Å²) in [6, 6.07) is 0.00853. The normalized spacial score (nSPS) is 23.5. The third kappa shape index (κ3) is 4.35. The van der Waals surface area contributed by atoms with E-state index in [1.54, 1.807) is 4.68 Å². The van der Waals surface area contributed by atoms with Gasteiger partial charge in [-0.2, -0.15) is 5.10 Å². The fraction of sp³-hybridized carbons (Fsp3) is 0.706. The minimum Gasteiger partial charge on any atom is -0.376 e. The van der Waals surface area contributed by atoms with Gasteiger partial charge in [-0.1, -0.05) is 0 Å². The molecule has 2 heterocycles. The summed E-state index contributed by atoms with van der Waals surface area (Å²) in [4.78, 5) is 25.4. The standard InChI is InChI=1S/C17H26N4O3/c1-12(22)18-9-17(23)21-6-5-16(24-11-13-3-4-13)15(21)7-14-8-19-20(2)10-14/h8,10,13,15-16H,3-7,9,11H2,1-2H3,(H,18,22)/t15-,16-/m1/s1. The highest BCUT2D eigenvalue weighted by molar-refractivity contribution is 5.84. The number of carbonyl (C=O) groups is 2. The van der Waals surface area contributed by atoms with Gasteiger partial charge in [-0.05, 0) is 37.2 Å². The first-order chi connectivity index (χ1) is 11.5. The van der Waals surface area contributed by atoms with Crippen LogP contribution in [0.1, 0.15) is 31.7 Å². The molecule has 3 rings (SSSR count). The van der Waals surface area contributed by atoms with Gasteiger partial charge in [0.1, 0.15) is 0 Å². The van der Waals surface area contributed by atoms with Gasteiger partial charge in [-0.15, -0.1) is 0 Å². The third-order valence-corrected chi connectivity index (χ3v) is 4.74. The molecule has 2 amide bonds. The van der Waals surface area contributed by atoms with Crippen LogP contribution in [0.3, 0.4) is 0 Å². The summed E-state index contributed by atoms with van der Waals surface area (Å²) in [5, 5.41) is 6.81. The molecule has 2 fully saturated rings. The number of aryl methyl sites for hydroxylation is 1. The highest BCUT2D eigenvalue weighted by atomic mass is 16.5. The van der Waals surface area contributed by atoms with Crippen molar-refractivity contribution in [3.8, 4) is 0 Å². The van der Waals surface area contributed by atoms with E-state index in [9.17, 15) is 9.59 Å². The number of nitrogens with one attached hydrogen (secondary N) is 1. The fourth-order valence-electron chi connectivity index (χ4n) is 3.24. The molecule has 7 nitrogen and oxygen atoms in total. The second kappa shape index (κ2) is 7.34. The first-order valence-electron chi connectivity index (χ1n) is 8.66. The van der Waals surface area contributed by atoms with E-state index in [2.05, 4.69) is 10.4 Å². The molecular formula is C17H26N4O3. The summed E-state index contributed by atoms with van der Waals surface area (Å²) in [7, 11) is 1.89. The highest BCUT2D eigenvalue weighted by Gasteiger charge is 2.38. The topological polar surface area (TPSA) is 76.5 Å². The molecule has 1 saturated heterocycles. The van der Waals surface area contributed by atoms with Crippen LogP contribution in [0.15, 0.2) is 12.4 Å². The molecule has 0 aromatic carbocycles. The molecule has 2 atom stereocenters. The van der Waals surface area contributed by atoms with Crippen LogP contribution in [-0.4, -0.2) is 58.3 Å². The first-order valence-corrected chi connectivity index (χ1v) is 8.66. The molecule has 1 saturated carbocycles. The van der Waals surface area contributed by atoms with Gasteiger partial charge in [-0.3, -0.25) is 14.3 Å². The second-order valence-corrected chi connectivity index (χ2v) is 6.89. The Morgan fingerprint density at radius 1 is 1.38 bits per heavy atom. The molecule has 7 heteroatoms. The average Bonchev–Trinajstić information content (AvgIpc) is 3.16. The van der Waals surface area contributed by atoms with E-state index in [0.29, 0.717) is 12.5 Å². The van der Waals surface area contributed by atoms with Crippen LogP contribution in [0.2, 0.25) is 0 Å². The zero-order valence-corrected chi connectivity index (χ0v) is 14.4. The molecule has 0 bridgehead atoms. The number of aromatic nitrogens is 2. The first kappa shape index (κ1) is 17.0. The van der Waals surface area contributed by atoms with E-state index in [1.165, 1.54) is 19.8 Å². The Morgan fingerprint density at radius 3 is 2.79 bits per heavy atom. The zero-order valence-electron chi connectivity index (χ0n) is 14.4. The number of hydrogen-bond acceptors (Lipinski definition) is 4. The Morgan fingerprint density at radius 2 is 2.17 bits per heavy atom. The van der Waals surface area contributed by atoms with Crippen molar-refractivity contribution in [2.24, 2.45) is 13.0 Å². The number of carbonyl (C=O) groups excluding carboxylic acids is 2. The van der Waals surface area contributed by atoms with E-state index >= 15 is 0 Å². The summed E-state index contributed by atoms with van der Waals surface area (Å²) in [5.74, 6) is 0.470. The average molecular weight is 334 g/mol. The molecule has 1 aromatic rings. The lowest BCUT2D eigenvalue weighted by Crippen LogP contribution is -2.46. The summed E-state index contributed by atoms with van der Waals surface area (Å²) >= 11 is 0. The molecule has 1 N–H and O–H groups in total. The lowest BCUT2D eigenvalue weighted by Gasteiger charge is -2.28. The van der Waals surface area contributed by atoms with Crippen LogP contribution in [0, 0.1) is 5.92 Å². The number of ether oxygens (including phenoxy) is 1. The smallest absolute Gasteiger partial charge is 0.242 e. The molecule has 132 valence electrons. The molecule has 24 heavy (non-hydrogen) atoms. The Labute approximate surface area is 142 Å². The summed E-state index contributed by atoms with van der Waals surface area (Å²) < 4.78 is 7.89. The van der Waals surface area contributed by atoms with Crippen molar-refractivity contribution in [2.45, 2.75) is 44.8 Å². The lowest BCUT2D eigenvalue weighted by atomic mass is 10.0. The van der Waals surface area contributed by atoms with Gasteiger partial charge < -0.3 is 15.0 Å². The van der Waals surface area contributed by atoms with Gasteiger partial charge in [0, 0.05) is 33.3 Å². The summed E-state index contributed by atoms with van der Waals surface area (Å²) in [6.45, 7) is 2.95. The molecule has 2 aliphatic rings. The Balaban J connectivity index is 1.65. The minimum atomic E-state index is -0.187. The number of amides is 2. The molecule has 0 radical (unpaired) electrons. The van der Waals surface area contributed by atoms with E-state index in [4.69, 9.17) is 4.74 Å². The minimum absolute atomic E-state index is 0.00853. The van der Waals surface area contributed by atoms with Crippen molar-refractivity contribution in [3.05, 3.63) is 18.0 Å². The van der Waals surface area contributed by atoms with Crippen molar-refractivity contribution >= 4 is 11.8 Å². The number of rotatable bonds is 7. The maximum atomic E-state index is 12.5. The van der Waals surface area contributed by atoms with Gasteiger partial charge in [-0.25, -0.2) is 0 Å². The lowest BCUT2D eigenvalue weighted by molar-refractivity contribution is -0.134. The van der Waals surface area contributed by atoms with Crippen molar-refractivity contribution in [3.63, 3.8) is 0 Å². The molecular weight excluding hydrogens is 308 g/mol. The molecule has 1 aromatic heterocycles. The van der Waals surface area contributed by atoms with E-state index < -0.39 is 0 Å². The predicted molar refractivity (Wildman–Crippen MR) is 88.2 cm³/mol. The van der Waals surface area contributed by atoms with Gasteiger partial charge in [0.25, 0.3) is 0 Å². The van der Waals surface area contributed by atoms with Crippen LogP contribution in [0.25, 0.3) is 0 Å². The van der Waals surface area contributed by atoms with Crippen molar-refractivity contribution in [1.82, 2.24) is 20.0 Å². The van der Waals surface area contributed by atoms with Crippen molar-refractivity contribution in [1.29, 1.82) is 0 Å². The number of nitrogens with zero attached hydrogens (tertiary/aromatic N) is 3. The van der Waals surface area contributed by atoms with Gasteiger partial charge >= 0.3 is 0 Å². The second-order valence-electron chi connectivity index (χ2n) is 6.89. The van der Waals surface area contributed by atoms with Crippen LogP contribution in [0.4, 0.5) is 0 Å². The number of hydrogen-bond donors (Lipinski definition) is 1. The van der Waals surface area contributed by atoms with E-state index in [-0.39, 0.29) is 30.5 Å². The van der Waals surface area contributed by atoms with Crippen molar-refractivity contribution in [2.75, 3.05) is 19.7 Å².